The summed E-state index contributed by atoms with van der Waals surface area (Å²) in [6.07, 6.45) is 1.34. The molecule has 0 aliphatic rings. The molecule has 4 heteroatoms. The van der Waals surface area contributed by atoms with Crippen molar-refractivity contribution in [2.75, 3.05) is 13.1 Å². The average molecular weight is 295 g/mol. The van der Waals surface area contributed by atoms with E-state index in [1.807, 2.05) is 19.9 Å². The van der Waals surface area contributed by atoms with Crippen LogP contribution in [0, 0.1) is 11.7 Å². The Morgan fingerprint density at radius 1 is 1.43 bits per heavy atom. The fraction of sp³-hybridized carbons (Fsp3) is 0.588. The van der Waals surface area contributed by atoms with E-state index in [1.165, 1.54) is 12.1 Å². The van der Waals surface area contributed by atoms with E-state index in [4.69, 9.17) is 0 Å². The molecule has 1 amide bonds. The zero-order valence-electron chi connectivity index (χ0n) is 13.4. The van der Waals surface area contributed by atoms with Crippen molar-refractivity contribution in [3.8, 4) is 0 Å². The van der Waals surface area contributed by atoms with E-state index in [0.29, 0.717) is 25.9 Å². The molecular formula is C17H26FNO2. The molecule has 0 spiro atoms. The van der Waals surface area contributed by atoms with E-state index in [2.05, 4.69) is 0 Å². The molecule has 0 fully saturated rings. The molecular weight excluding hydrogens is 269 g/mol. The van der Waals surface area contributed by atoms with Gasteiger partial charge < -0.3 is 10.0 Å². The summed E-state index contributed by atoms with van der Waals surface area (Å²) in [6.45, 7) is 8.08. The highest BCUT2D eigenvalue weighted by molar-refractivity contribution is 5.78. The summed E-state index contributed by atoms with van der Waals surface area (Å²) >= 11 is 0. The summed E-state index contributed by atoms with van der Waals surface area (Å²) in [4.78, 5) is 14.1. The first kappa shape index (κ1) is 17.6. The lowest BCUT2D eigenvalue weighted by Crippen LogP contribution is -2.44. The van der Waals surface area contributed by atoms with Gasteiger partial charge in [-0.05, 0) is 51.3 Å². The standard InChI is InChI=1S/C17H26FNO2/c1-5-19(12-17(3,4)21)16(20)13(2)9-10-14-7-6-8-15(18)11-14/h6-8,11,13,21H,5,9-10,12H2,1-4H3. The van der Waals surface area contributed by atoms with Crippen LogP contribution in [0.25, 0.3) is 0 Å². The number of likely N-dealkylation sites (N-methyl/N-ethyl adjacent to an activating group) is 1. The van der Waals surface area contributed by atoms with Crippen LogP contribution in [0.3, 0.4) is 0 Å². The summed E-state index contributed by atoms with van der Waals surface area (Å²) in [5.74, 6) is -0.352. The molecule has 1 N–H and O–H groups in total. The van der Waals surface area contributed by atoms with Gasteiger partial charge in [0.2, 0.25) is 5.91 Å². The normalized spacial score (nSPS) is 13.0. The van der Waals surface area contributed by atoms with Gasteiger partial charge in [0, 0.05) is 19.0 Å². The van der Waals surface area contributed by atoms with E-state index in [1.54, 1.807) is 24.8 Å². The summed E-state index contributed by atoms with van der Waals surface area (Å²) in [5, 5.41) is 9.85. The van der Waals surface area contributed by atoms with E-state index in [-0.39, 0.29) is 17.6 Å². The highest BCUT2D eigenvalue weighted by atomic mass is 19.1. The second kappa shape index (κ2) is 7.55. The Hall–Kier alpha value is -1.42. The predicted molar refractivity (Wildman–Crippen MR) is 82.4 cm³/mol. The lowest BCUT2D eigenvalue weighted by molar-refractivity contribution is -0.137. The van der Waals surface area contributed by atoms with Gasteiger partial charge in [0.25, 0.3) is 0 Å². The zero-order chi connectivity index (χ0) is 16.0. The third kappa shape index (κ3) is 6.25. The van der Waals surface area contributed by atoms with Crippen LogP contribution in [0.15, 0.2) is 24.3 Å². The van der Waals surface area contributed by atoms with Crippen LogP contribution in [0.5, 0.6) is 0 Å². The number of aryl methyl sites for hydroxylation is 1. The Kier molecular flexibility index (Phi) is 6.34. The van der Waals surface area contributed by atoms with Crippen LogP contribution in [-0.4, -0.2) is 34.6 Å². The second-order valence-corrected chi connectivity index (χ2v) is 6.23. The Labute approximate surface area is 126 Å². The maximum Gasteiger partial charge on any atom is 0.225 e. The third-order valence-corrected chi connectivity index (χ3v) is 3.45. The Balaban J connectivity index is 2.57. The molecule has 118 valence electrons. The highest BCUT2D eigenvalue weighted by Gasteiger charge is 2.24. The van der Waals surface area contributed by atoms with E-state index in [0.717, 1.165) is 5.56 Å². The van der Waals surface area contributed by atoms with Crippen molar-refractivity contribution in [3.05, 3.63) is 35.6 Å². The molecule has 1 rings (SSSR count). The smallest absolute Gasteiger partial charge is 0.225 e. The zero-order valence-corrected chi connectivity index (χ0v) is 13.4. The first-order chi connectivity index (χ1) is 9.73. The van der Waals surface area contributed by atoms with Gasteiger partial charge in [0.05, 0.1) is 5.60 Å². The number of nitrogens with zero attached hydrogens (tertiary/aromatic N) is 1. The van der Waals surface area contributed by atoms with Crippen LogP contribution < -0.4 is 0 Å². The van der Waals surface area contributed by atoms with E-state index >= 15 is 0 Å². The average Bonchev–Trinajstić information content (AvgIpc) is 2.40. The molecule has 3 nitrogen and oxygen atoms in total. The monoisotopic (exact) mass is 295 g/mol. The number of halogens is 1. The lowest BCUT2D eigenvalue weighted by atomic mass is 9.99. The summed E-state index contributed by atoms with van der Waals surface area (Å²) in [7, 11) is 0. The molecule has 1 aromatic carbocycles. The maximum absolute atomic E-state index is 13.1. The minimum Gasteiger partial charge on any atom is -0.389 e. The van der Waals surface area contributed by atoms with Gasteiger partial charge in [0.15, 0.2) is 0 Å². The van der Waals surface area contributed by atoms with Crippen LogP contribution in [0.2, 0.25) is 0 Å². The minimum atomic E-state index is -0.895. The highest BCUT2D eigenvalue weighted by Crippen LogP contribution is 2.15. The molecule has 0 aliphatic heterocycles. The first-order valence-electron chi connectivity index (χ1n) is 7.48. The summed E-state index contributed by atoms with van der Waals surface area (Å²) < 4.78 is 13.1. The SMILES string of the molecule is CCN(CC(C)(C)O)C(=O)C(C)CCc1cccc(F)c1. The van der Waals surface area contributed by atoms with Crippen LogP contribution in [-0.2, 0) is 11.2 Å². The maximum atomic E-state index is 13.1. The van der Waals surface area contributed by atoms with Gasteiger partial charge in [0.1, 0.15) is 5.82 Å². The second-order valence-electron chi connectivity index (χ2n) is 6.23. The lowest BCUT2D eigenvalue weighted by Gasteiger charge is -2.30. The number of benzene rings is 1. The number of carbonyl (C=O) groups excluding carboxylic acids is 1. The van der Waals surface area contributed by atoms with Gasteiger partial charge in [-0.15, -0.1) is 0 Å². The van der Waals surface area contributed by atoms with Gasteiger partial charge >= 0.3 is 0 Å². The third-order valence-electron chi connectivity index (χ3n) is 3.45. The molecule has 0 bridgehead atoms. The van der Waals surface area contributed by atoms with Gasteiger partial charge in [-0.25, -0.2) is 4.39 Å². The quantitative estimate of drug-likeness (QED) is 0.840. The number of aliphatic hydroxyl groups is 1. The fourth-order valence-corrected chi connectivity index (χ4v) is 2.32. The number of hydrogen-bond acceptors (Lipinski definition) is 2. The Bertz CT molecular complexity index is 468. The number of rotatable bonds is 7. The molecule has 0 heterocycles. The van der Waals surface area contributed by atoms with Gasteiger partial charge in [-0.1, -0.05) is 19.1 Å². The predicted octanol–water partition coefficient (Wildman–Crippen LogP) is 3.01. The van der Waals surface area contributed by atoms with Gasteiger partial charge in [-0.2, -0.15) is 0 Å². The largest absolute Gasteiger partial charge is 0.389 e. The van der Waals surface area contributed by atoms with Gasteiger partial charge in [-0.3, -0.25) is 4.79 Å². The molecule has 1 unspecified atom stereocenters. The minimum absolute atomic E-state index is 0.0380. The van der Waals surface area contributed by atoms with E-state index in [9.17, 15) is 14.3 Å². The van der Waals surface area contributed by atoms with E-state index < -0.39 is 5.60 Å². The van der Waals surface area contributed by atoms with Crippen molar-refractivity contribution in [3.63, 3.8) is 0 Å². The number of hydrogen-bond donors (Lipinski definition) is 1. The molecule has 0 aliphatic carbocycles. The van der Waals surface area contributed by atoms with Crippen molar-refractivity contribution in [1.29, 1.82) is 0 Å². The van der Waals surface area contributed by atoms with Crippen LogP contribution in [0.1, 0.15) is 39.7 Å². The molecule has 1 atom stereocenters. The number of carbonyl (C=O) groups is 1. The van der Waals surface area contributed by atoms with Crippen molar-refractivity contribution >= 4 is 5.91 Å². The van der Waals surface area contributed by atoms with Crippen molar-refractivity contribution in [2.45, 2.75) is 46.1 Å². The molecule has 1 aromatic rings. The topological polar surface area (TPSA) is 40.5 Å². The summed E-state index contributed by atoms with van der Waals surface area (Å²) in [6, 6.07) is 6.48. The first-order valence-corrected chi connectivity index (χ1v) is 7.48. The molecule has 21 heavy (non-hydrogen) atoms. The Morgan fingerprint density at radius 3 is 2.62 bits per heavy atom. The molecule has 0 aromatic heterocycles. The fourth-order valence-electron chi connectivity index (χ4n) is 2.32. The Morgan fingerprint density at radius 2 is 2.10 bits per heavy atom. The molecule has 0 saturated carbocycles. The van der Waals surface area contributed by atoms with Crippen molar-refractivity contribution < 1.29 is 14.3 Å². The van der Waals surface area contributed by atoms with Crippen LogP contribution >= 0.6 is 0 Å². The molecule has 0 radical (unpaired) electrons. The summed E-state index contributed by atoms with van der Waals surface area (Å²) in [5.41, 5.74) is 0.00806. The van der Waals surface area contributed by atoms with Crippen LogP contribution in [0.4, 0.5) is 4.39 Å². The van der Waals surface area contributed by atoms with Crippen molar-refractivity contribution in [2.24, 2.45) is 5.92 Å². The molecule has 0 saturated heterocycles. The van der Waals surface area contributed by atoms with Crippen molar-refractivity contribution in [1.82, 2.24) is 4.90 Å². The number of amides is 1.